The van der Waals surface area contributed by atoms with Crippen LogP contribution in [0.2, 0.25) is 0 Å². The first-order valence-corrected chi connectivity index (χ1v) is 10.7. The molecule has 32 heavy (non-hydrogen) atoms. The molecule has 1 aliphatic heterocycles. The second-order valence-corrected chi connectivity index (χ2v) is 8.02. The summed E-state index contributed by atoms with van der Waals surface area (Å²) in [4.78, 5) is 19.3. The monoisotopic (exact) mass is 436 g/mol. The van der Waals surface area contributed by atoms with Gasteiger partial charge in [0.25, 0.3) is 0 Å². The number of amides is 2. The fourth-order valence-corrected chi connectivity index (χ4v) is 4.02. The number of rotatable bonds is 6. The summed E-state index contributed by atoms with van der Waals surface area (Å²) in [7, 11) is 3.16. The fourth-order valence-electron chi connectivity index (χ4n) is 4.02. The standard InChI is InChI=1S/C24H28N4O4/c1-16-7-4-5-9-21(16)23-26-22(32-27-23)11-17-8-6-10-28(15-17)24(29)25-18-12-19(30-2)14-20(13-18)31-3/h4-5,7,9,12-14,17H,6,8,10-11,15H2,1-3H3,(H,25,29). The molecule has 3 aromatic rings. The van der Waals surface area contributed by atoms with Crippen molar-refractivity contribution in [3.63, 3.8) is 0 Å². The first kappa shape index (κ1) is 21.7. The lowest BCUT2D eigenvalue weighted by Crippen LogP contribution is -2.42. The Hall–Kier alpha value is -3.55. The van der Waals surface area contributed by atoms with Crippen LogP contribution in [0.5, 0.6) is 11.5 Å². The van der Waals surface area contributed by atoms with Crippen LogP contribution in [0.25, 0.3) is 11.4 Å². The molecule has 0 saturated carbocycles. The third-order valence-corrected chi connectivity index (χ3v) is 5.73. The van der Waals surface area contributed by atoms with E-state index in [1.54, 1.807) is 32.4 Å². The molecule has 2 aromatic carbocycles. The van der Waals surface area contributed by atoms with Crippen molar-refractivity contribution in [2.75, 3.05) is 32.6 Å². The van der Waals surface area contributed by atoms with E-state index in [1.807, 2.05) is 36.1 Å². The average Bonchev–Trinajstić information content (AvgIpc) is 3.27. The number of nitrogens with one attached hydrogen (secondary N) is 1. The average molecular weight is 437 g/mol. The van der Waals surface area contributed by atoms with Gasteiger partial charge in [0, 0.05) is 49.0 Å². The highest BCUT2D eigenvalue weighted by atomic mass is 16.5. The molecule has 8 nitrogen and oxygen atoms in total. The summed E-state index contributed by atoms with van der Waals surface area (Å²) in [6.07, 6.45) is 2.59. The van der Waals surface area contributed by atoms with E-state index in [-0.39, 0.29) is 11.9 Å². The molecule has 0 aliphatic carbocycles. The molecule has 1 saturated heterocycles. The van der Waals surface area contributed by atoms with Gasteiger partial charge in [-0.1, -0.05) is 29.4 Å². The van der Waals surface area contributed by atoms with E-state index < -0.39 is 0 Å². The number of methoxy groups -OCH3 is 2. The Balaban J connectivity index is 1.39. The smallest absolute Gasteiger partial charge is 0.321 e. The Labute approximate surface area is 187 Å². The number of aryl methyl sites for hydroxylation is 1. The van der Waals surface area contributed by atoms with Crippen molar-refractivity contribution in [2.24, 2.45) is 5.92 Å². The summed E-state index contributed by atoms with van der Waals surface area (Å²) in [6, 6.07) is 13.1. The van der Waals surface area contributed by atoms with E-state index in [2.05, 4.69) is 15.5 Å². The molecule has 2 heterocycles. The van der Waals surface area contributed by atoms with Crippen molar-refractivity contribution < 1.29 is 18.8 Å². The Morgan fingerprint density at radius 3 is 2.66 bits per heavy atom. The highest BCUT2D eigenvalue weighted by Gasteiger charge is 2.26. The second-order valence-electron chi connectivity index (χ2n) is 8.02. The maximum absolute atomic E-state index is 12.9. The van der Waals surface area contributed by atoms with E-state index in [4.69, 9.17) is 14.0 Å². The van der Waals surface area contributed by atoms with Gasteiger partial charge in [-0.15, -0.1) is 0 Å². The van der Waals surface area contributed by atoms with Crippen LogP contribution in [0, 0.1) is 12.8 Å². The van der Waals surface area contributed by atoms with Gasteiger partial charge in [-0.05, 0) is 31.2 Å². The fraction of sp³-hybridized carbons (Fsp3) is 0.375. The molecule has 0 spiro atoms. The first-order chi connectivity index (χ1) is 15.6. The topological polar surface area (TPSA) is 89.7 Å². The van der Waals surface area contributed by atoms with E-state index in [0.717, 1.165) is 24.0 Å². The van der Waals surface area contributed by atoms with Crippen molar-refractivity contribution in [3.05, 3.63) is 53.9 Å². The van der Waals surface area contributed by atoms with Gasteiger partial charge in [0.05, 0.1) is 14.2 Å². The van der Waals surface area contributed by atoms with Gasteiger partial charge >= 0.3 is 6.03 Å². The van der Waals surface area contributed by atoms with Crippen molar-refractivity contribution in [1.29, 1.82) is 0 Å². The molecule has 1 aromatic heterocycles. The van der Waals surface area contributed by atoms with E-state index >= 15 is 0 Å². The van der Waals surface area contributed by atoms with Crippen molar-refractivity contribution >= 4 is 11.7 Å². The van der Waals surface area contributed by atoms with Crippen LogP contribution in [0.1, 0.15) is 24.3 Å². The lowest BCUT2D eigenvalue weighted by molar-refractivity contribution is 0.173. The van der Waals surface area contributed by atoms with Gasteiger partial charge in [0.2, 0.25) is 11.7 Å². The summed E-state index contributed by atoms with van der Waals surface area (Å²) in [5, 5.41) is 7.11. The van der Waals surface area contributed by atoms with Crippen LogP contribution in [-0.2, 0) is 6.42 Å². The number of piperidine rings is 1. The zero-order valence-corrected chi connectivity index (χ0v) is 18.6. The Morgan fingerprint density at radius 2 is 1.94 bits per heavy atom. The number of benzene rings is 2. The minimum Gasteiger partial charge on any atom is -0.497 e. The van der Waals surface area contributed by atoms with Crippen LogP contribution in [0.3, 0.4) is 0 Å². The number of hydrogen-bond acceptors (Lipinski definition) is 6. The molecular weight excluding hydrogens is 408 g/mol. The number of hydrogen-bond donors (Lipinski definition) is 1. The van der Waals surface area contributed by atoms with Gasteiger partial charge in [-0.25, -0.2) is 4.79 Å². The summed E-state index contributed by atoms with van der Waals surface area (Å²) in [6.45, 7) is 3.37. The predicted octanol–water partition coefficient (Wildman–Crippen LogP) is 4.55. The molecule has 8 heteroatoms. The third kappa shape index (κ3) is 5.01. The highest BCUT2D eigenvalue weighted by Crippen LogP contribution is 2.27. The van der Waals surface area contributed by atoms with Gasteiger partial charge < -0.3 is 24.2 Å². The molecule has 4 rings (SSSR count). The number of urea groups is 1. The predicted molar refractivity (Wildman–Crippen MR) is 121 cm³/mol. The first-order valence-electron chi connectivity index (χ1n) is 10.7. The summed E-state index contributed by atoms with van der Waals surface area (Å²) in [5.74, 6) is 2.72. The third-order valence-electron chi connectivity index (χ3n) is 5.73. The molecule has 2 amide bonds. The number of nitrogens with zero attached hydrogens (tertiary/aromatic N) is 3. The molecular formula is C24H28N4O4. The molecule has 168 valence electrons. The minimum atomic E-state index is -0.142. The molecule has 1 unspecified atom stereocenters. The van der Waals surface area contributed by atoms with Crippen molar-refractivity contribution in [1.82, 2.24) is 15.0 Å². The van der Waals surface area contributed by atoms with Gasteiger partial charge in [0.15, 0.2) is 0 Å². The Bertz CT molecular complexity index is 1060. The van der Waals surface area contributed by atoms with Crippen LogP contribution in [0.4, 0.5) is 10.5 Å². The molecule has 1 atom stereocenters. The molecule has 0 radical (unpaired) electrons. The molecule has 1 aliphatic rings. The summed E-state index contributed by atoms with van der Waals surface area (Å²) < 4.78 is 16.1. The number of ether oxygens (including phenoxy) is 2. The van der Waals surface area contributed by atoms with E-state index in [1.165, 1.54) is 0 Å². The lowest BCUT2D eigenvalue weighted by Gasteiger charge is -2.32. The normalized spacial score (nSPS) is 16.0. The number of likely N-dealkylation sites (tertiary alicyclic amines) is 1. The quantitative estimate of drug-likeness (QED) is 0.610. The van der Waals surface area contributed by atoms with Crippen molar-refractivity contribution in [2.45, 2.75) is 26.2 Å². The molecule has 1 N–H and O–H groups in total. The van der Waals surface area contributed by atoms with E-state index in [0.29, 0.717) is 48.4 Å². The maximum Gasteiger partial charge on any atom is 0.321 e. The number of carbonyl (C=O) groups is 1. The van der Waals surface area contributed by atoms with Gasteiger partial charge in [0.1, 0.15) is 11.5 Å². The molecule has 0 bridgehead atoms. The zero-order chi connectivity index (χ0) is 22.5. The SMILES string of the molecule is COc1cc(NC(=O)N2CCCC(Cc3nc(-c4ccccc4C)no3)C2)cc(OC)c1. The Morgan fingerprint density at radius 1 is 1.19 bits per heavy atom. The van der Waals surface area contributed by atoms with Gasteiger partial charge in [-0.2, -0.15) is 4.98 Å². The van der Waals surface area contributed by atoms with Crippen LogP contribution in [0.15, 0.2) is 47.0 Å². The largest absolute Gasteiger partial charge is 0.497 e. The van der Waals surface area contributed by atoms with Crippen LogP contribution in [-0.4, -0.2) is 48.4 Å². The maximum atomic E-state index is 12.9. The number of carbonyl (C=O) groups excluding carboxylic acids is 1. The van der Waals surface area contributed by atoms with E-state index in [9.17, 15) is 4.79 Å². The van der Waals surface area contributed by atoms with Gasteiger partial charge in [-0.3, -0.25) is 0 Å². The highest BCUT2D eigenvalue weighted by molar-refractivity contribution is 5.90. The Kier molecular flexibility index (Phi) is 6.58. The summed E-state index contributed by atoms with van der Waals surface area (Å²) >= 11 is 0. The van der Waals surface area contributed by atoms with Crippen LogP contribution < -0.4 is 14.8 Å². The summed E-state index contributed by atoms with van der Waals surface area (Å²) in [5.41, 5.74) is 2.71. The van der Waals surface area contributed by atoms with Crippen LogP contribution >= 0.6 is 0 Å². The number of aromatic nitrogens is 2. The second kappa shape index (κ2) is 9.72. The zero-order valence-electron chi connectivity index (χ0n) is 18.6. The van der Waals surface area contributed by atoms with Crippen molar-refractivity contribution in [3.8, 4) is 22.9 Å². The minimum absolute atomic E-state index is 0.142. The number of anilines is 1. The molecule has 1 fully saturated rings. The lowest BCUT2D eigenvalue weighted by atomic mass is 9.95.